The highest BCUT2D eigenvalue weighted by Gasteiger charge is 2.21. The van der Waals surface area contributed by atoms with Gasteiger partial charge in [0.25, 0.3) is 0 Å². The van der Waals surface area contributed by atoms with Crippen molar-refractivity contribution in [2.45, 2.75) is 33.6 Å². The number of carbonyl (C=O) groups excluding carboxylic acids is 1. The highest BCUT2D eigenvalue weighted by Crippen LogP contribution is 2.17. The van der Waals surface area contributed by atoms with Crippen LogP contribution in [0.3, 0.4) is 0 Å². The van der Waals surface area contributed by atoms with Crippen molar-refractivity contribution in [2.75, 3.05) is 11.5 Å². The van der Waals surface area contributed by atoms with Gasteiger partial charge in [0.2, 0.25) is 0 Å². The maximum Gasteiger partial charge on any atom is 0.150 e. The predicted molar refractivity (Wildman–Crippen MR) is 78.3 cm³/mol. The van der Waals surface area contributed by atoms with Gasteiger partial charge in [-0.15, -0.1) is 0 Å². The summed E-state index contributed by atoms with van der Waals surface area (Å²) in [6, 6.07) is 7.26. The van der Waals surface area contributed by atoms with Crippen molar-refractivity contribution in [2.24, 2.45) is 5.41 Å². The summed E-state index contributed by atoms with van der Waals surface area (Å²) in [5, 5.41) is 0. The largest absolute Gasteiger partial charge is 0.298 e. The van der Waals surface area contributed by atoms with Gasteiger partial charge in [0.1, 0.15) is 6.29 Å². The van der Waals surface area contributed by atoms with Gasteiger partial charge in [-0.2, -0.15) is 0 Å². The Morgan fingerprint density at radius 2 is 1.68 bits per heavy atom. The van der Waals surface area contributed by atoms with Gasteiger partial charge in [-0.05, 0) is 23.8 Å². The second kappa shape index (κ2) is 6.33. The van der Waals surface area contributed by atoms with Gasteiger partial charge in [-0.3, -0.25) is 4.79 Å². The van der Waals surface area contributed by atoms with E-state index in [9.17, 15) is 13.2 Å². The van der Waals surface area contributed by atoms with Crippen LogP contribution in [0.25, 0.3) is 0 Å². The third-order valence-electron chi connectivity index (χ3n) is 2.69. The first kappa shape index (κ1) is 15.9. The fourth-order valence-corrected chi connectivity index (χ4v) is 4.04. The van der Waals surface area contributed by atoms with Crippen LogP contribution in [0.5, 0.6) is 0 Å². The molecule has 0 N–H and O–H groups in total. The molecular weight excluding hydrogens is 260 g/mol. The van der Waals surface area contributed by atoms with E-state index in [0.29, 0.717) is 12.0 Å². The van der Waals surface area contributed by atoms with E-state index in [1.165, 1.54) is 0 Å². The average molecular weight is 282 g/mol. The molecule has 1 aromatic carbocycles. The molecule has 1 rings (SSSR count). The van der Waals surface area contributed by atoms with Crippen molar-refractivity contribution in [1.82, 2.24) is 0 Å². The molecule has 4 heteroatoms. The average Bonchev–Trinajstić information content (AvgIpc) is 2.26. The second-order valence-corrected chi connectivity index (χ2v) is 8.30. The Bertz CT molecular complexity index is 507. The number of sulfone groups is 1. The van der Waals surface area contributed by atoms with Crippen molar-refractivity contribution in [3.63, 3.8) is 0 Å². The predicted octanol–water partition coefficient (Wildman–Crippen LogP) is 2.89. The van der Waals surface area contributed by atoms with E-state index in [1.807, 2.05) is 32.9 Å². The lowest BCUT2D eigenvalue weighted by molar-refractivity contribution is 0.112. The first-order valence-corrected chi connectivity index (χ1v) is 8.28. The molecule has 0 unspecified atom stereocenters. The molecule has 0 aliphatic heterocycles. The molecule has 0 aromatic heterocycles. The zero-order valence-corrected chi connectivity index (χ0v) is 12.7. The number of rotatable bonds is 6. The molecule has 0 bridgehead atoms. The van der Waals surface area contributed by atoms with Crippen LogP contribution < -0.4 is 0 Å². The second-order valence-electron chi connectivity index (χ2n) is 6.12. The number of carbonyl (C=O) groups is 1. The molecule has 0 fully saturated rings. The van der Waals surface area contributed by atoms with Crippen molar-refractivity contribution < 1.29 is 13.2 Å². The zero-order chi connectivity index (χ0) is 14.5. The minimum absolute atomic E-state index is 0.190. The summed E-state index contributed by atoms with van der Waals surface area (Å²) in [6.45, 7) is 5.80. The normalized spacial score (nSPS) is 12.4. The van der Waals surface area contributed by atoms with Gasteiger partial charge in [0.05, 0.1) is 11.5 Å². The molecular formula is C15H22O3S. The summed E-state index contributed by atoms with van der Waals surface area (Å²) in [4.78, 5) is 10.5. The monoisotopic (exact) mass is 282 g/mol. The number of hydrogen-bond donors (Lipinski definition) is 0. The maximum absolute atomic E-state index is 11.9. The fourth-order valence-electron chi connectivity index (χ4n) is 1.99. The topological polar surface area (TPSA) is 51.2 Å². The molecule has 0 aliphatic carbocycles. The molecule has 0 heterocycles. The van der Waals surface area contributed by atoms with Gasteiger partial charge in [-0.1, -0.05) is 45.0 Å². The number of benzene rings is 1. The fraction of sp³-hybridized carbons (Fsp3) is 0.533. The molecule has 3 nitrogen and oxygen atoms in total. The molecule has 0 amide bonds. The maximum atomic E-state index is 11.9. The minimum atomic E-state index is -2.98. The van der Waals surface area contributed by atoms with Crippen molar-refractivity contribution in [3.8, 4) is 0 Å². The Morgan fingerprint density at radius 3 is 2.16 bits per heavy atom. The summed E-state index contributed by atoms with van der Waals surface area (Å²) in [7, 11) is -2.98. The van der Waals surface area contributed by atoms with E-state index in [-0.39, 0.29) is 16.9 Å². The van der Waals surface area contributed by atoms with Gasteiger partial charge >= 0.3 is 0 Å². The van der Waals surface area contributed by atoms with Crippen molar-refractivity contribution in [1.29, 1.82) is 0 Å². The lowest BCUT2D eigenvalue weighted by Gasteiger charge is -2.17. The van der Waals surface area contributed by atoms with Crippen LogP contribution in [0.15, 0.2) is 24.3 Å². The molecule has 0 radical (unpaired) electrons. The van der Waals surface area contributed by atoms with Crippen LogP contribution in [0.1, 0.15) is 43.1 Å². The third-order valence-corrected chi connectivity index (χ3v) is 4.91. The van der Waals surface area contributed by atoms with E-state index in [0.717, 1.165) is 18.3 Å². The molecule has 0 aliphatic rings. The molecule has 0 atom stereocenters. The number of hydrogen-bond acceptors (Lipinski definition) is 3. The quantitative estimate of drug-likeness (QED) is 0.754. The molecule has 0 spiro atoms. The van der Waals surface area contributed by atoms with E-state index in [2.05, 4.69) is 0 Å². The molecule has 0 saturated heterocycles. The van der Waals surface area contributed by atoms with Crippen molar-refractivity contribution >= 4 is 16.1 Å². The standard InChI is InChI=1S/C15H22O3S/c1-15(2,3)12-19(17,18)10-4-5-13-6-8-14(11-16)9-7-13/h6-9,11H,4-5,10,12H2,1-3H3. The Hall–Kier alpha value is -1.16. The SMILES string of the molecule is CC(C)(C)CS(=O)(=O)CCCc1ccc(C=O)cc1. The summed E-state index contributed by atoms with van der Waals surface area (Å²) in [5.74, 6) is 0.448. The first-order valence-electron chi connectivity index (χ1n) is 6.46. The summed E-state index contributed by atoms with van der Waals surface area (Å²) in [5.41, 5.74) is 1.52. The van der Waals surface area contributed by atoms with Gasteiger partial charge in [-0.25, -0.2) is 8.42 Å². The van der Waals surface area contributed by atoms with E-state index < -0.39 is 9.84 Å². The van der Waals surface area contributed by atoms with E-state index >= 15 is 0 Å². The molecule has 1 aromatic rings. The van der Waals surface area contributed by atoms with Gasteiger partial charge < -0.3 is 0 Å². The van der Waals surface area contributed by atoms with Crippen molar-refractivity contribution in [3.05, 3.63) is 35.4 Å². The Labute approximate surface area is 116 Å². The number of aldehydes is 1. The van der Waals surface area contributed by atoms with Crippen LogP contribution in [0, 0.1) is 5.41 Å². The third kappa shape index (κ3) is 6.53. The Morgan fingerprint density at radius 1 is 1.11 bits per heavy atom. The lowest BCUT2D eigenvalue weighted by Crippen LogP contribution is -2.23. The summed E-state index contributed by atoms with van der Waals surface area (Å²) < 4.78 is 23.8. The van der Waals surface area contributed by atoms with Gasteiger partial charge in [0, 0.05) is 5.56 Å². The molecule has 0 saturated carbocycles. The highest BCUT2D eigenvalue weighted by molar-refractivity contribution is 7.91. The van der Waals surface area contributed by atoms with E-state index in [1.54, 1.807) is 12.1 Å². The first-order chi connectivity index (χ1) is 8.72. The van der Waals surface area contributed by atoms with Crippen LogP contribution in [-0.2, 0) is 16.3 Å². The van der Waals surface area contributed by atoms with E-state index in [4.69, 9.17) is 0 Å². The van der Waals surface area contributed by atoms with Crippen LogP contribution in [0.2, 0.25) is 0 Å². The lowest BCUT2D eigenvalue weighted by atomic mass is 10.0. The summed E-state index contributed by atoms with van der Waals surface area (Å²) in [6.07, 6.45) is 2.15. The summed E-state index contributed by atoms with van der Waals surface area (Å²) >= 11 is 0. The molecule has 106 valence electrons. The molecule has 19 heavy (non-hydrogen) atoms. The Balaban J connectivity index is 2.47. The number of aryl methyl sites for hydroxylation is 1. The van der Waals surface area contributed by atoms with Crippen LogP contribution in [0.4, 0.5) is 0 Å². The zero-order valence-electron chi connectivity index (χ0n) is 11.8. The Kier molecular flexibility index (Phi) is 5.29. The van der Waals surface area contributed by atoms with Crippen LogP contribution >= 0.6 is 0 Å². The smallest absolute Gasteiger partial charge is 0.150 e. The minimum Gasteiger partial charge on any atom is -0.298 e. The van der Waals surface area contributed by atoms with Crippen LogP contribution in [-0.4, -0.2) is 26.2 Å². The van der Waals surface area contributed by atoms with Gasteiger partial charge in [0.15, 0.2) is 9.84 Å². The highest BCUT2D eigenvalue weighted by atomic mass is 32.2.